The smallest absolute Gasteiger partial charge is 0.419 e. The van der Waals surface area contributed by atoms with Gasteiger partial charge in [0.2, 0.25) is 5.95 Å². The van der Waals surface area contributed by atoms with Crippen molar-refractivity contribution in [1.82, 2.24) is 14.9 Å². The highest BCUT2D eigenvalue weighted by Gasteiger charge is 2.33. The molecule has 1 fully saturated rings. The first-order chi connectivity index (χ1) is 15.0. The zero-order valence-corrected chi connectivity index (χ0v) is 18.4. The highest BCUT2D eigenvalue weighted by Crippen LogP contribution is 2.29. The Bertz CT molecular complexity index is 931. The van der Waals surface area contributed by atoms with Crippen LogP contribution in [-0.4, -0.2) is 64.3 Å². The van der Waals surface area contributed by atoms with Gasteiger partial charge in [0.05, 0.1) is 17.0 Å². The summed E-state index contributed by atoms with van der Waals surface area (Å²) in [6, 6.07) is 5.06. The lowest BCUT2D eigenvalue weighted by Crippen LogP contribution is -2.58. The second-order valence-corrected chi connectivity index (χ2v) is 8.20. The van der Waals surface area contributed by atoms with Crippen molar-refractivity contribution in [2.45, 2.75) is 38.5 Å². The Kier molecular flexibility index (Phi) is 7.45. The molecule has 1 N–H and O–H groups in total. The number of rotatable bonds is 7. The largest absolute Gasteiger partial charge is 0.491 e. The highest BCUT2D eigenvalue weighted by atomic mass is 35.5. The lowest BCUT2D eigenvalue weighted by atomic mass is 10.1. The van der Waals surface area contributed by atoms with Crippen molar-refractivity contribution in [3.8, 4) is 5.75 Å². The number of ether oxygens (including phenoxy) is 1. The third kappa shape index (κ3) is 6.01. The van der Waals surface area contributed by atoms with Crippen LogP contribution in [0.4, 0.5) is 19.1 Å². The van der Waals surface area contributed by atoms with E-state index in [1.807, 2.05) is 18.7 Å². The summed E-state index contributed by atoms with van der Waals surface area (Å²) in [5, 5.41) is 9.35. The fraction of sp³-hybridized carbons (Fsp3) is 0.476. The Morgan fingerprint density at radius 2 is 1.84 bits per heavy atom. The number of hydrogen-bond acceptors (Lipinski definition) is 6. The number of carbonyl (C=O) groups is 1. The average Bonchev–Trinajstić information content (AvgIpc) is 2.71. The predicted molar refractivity (Wildman–Crippen MR) is 113 cm³/mol. The summed E-state index contributed by atoms with van der Waals surface area (Å²) >= 11 is 6.16. The molecular formula is C21H24ClF3N4O3. The maximum absolute atomic E-state index is 12.7. The molecule has 1 aliphatic rings. The molecule has 0 saturated carbocycles. The van der Waals surface area contributed by atoms with Crippen molar-refractivity contribution < 1.29 is 27.8 Å². The van der Waals surface area contributed by atoms with Gasteiger partial charge in [0.1, 0.15) is 12.4 Å². The van der Waals surface area contributed by atoms with E-state index < -0.39 is 17.7 Å². The Morgan fingerprint density at radius 1 is 1.22 bits per heavy atom. The zero-order chi connectivity index (χ0) is 23.5. The van der Waals surface area contributed by atoms with Gasteiger partial charge in [-0.2, -0.15) is 13.2 Å². The third-order valence-corrected chi connectivity index (χ3v) is 5.62. The number of halogens is 4. The van der Waals surface area contributed by atoms with Gasteiger partial charge in [0, 0.05) is 44.1 Å². The molecule has 1 aliphatic heterocycles. The predicted octanol–water partition coefficient (Wildman–Crippen LogP) is 3.75. The molecule has 1 aromatic heterocycles. The van der Waals surface area contributed by atoms with Crippen molar-refractivity contribution in [2.24, 2.45) is 0 Å². The molecular weight excluding hydrogens is 449 g/mol. The fourth-order valence-corrected chi connectivity index (χ4v) is 3.97. The highest BCUT2D eigenvalue weighted by molar-refractivity contribution is 6.32. The minimum absolute atomic E-state index is 0.0852. The molecule has 32 heavy (non-hydrogen) atoms. The summed E-state index contributed by atoms with van der Waals surface area (Å²) in [6.45, 7) is 6.11. The van der Waals surface area contributed by atoms with Gasteiger partial charge >= 0.3 is 12.1 Å². The molecule has 1 aromatic carbocycles. The Labute approximate surface area is 188 Å². The average molecular weight is 473 g/mol. The fourth-order valence-electron chi connectivity index (χ4n) is 3.80. The van der Waals surface area contributed by atoms with Crippen LogP contribution in [0.1, 0.15) is 25.0 Å². The maximum Gasteiger partial charge on any atom is 0.419 e. The molecule has 3 rings (SSSR count). The summed E-state index contributed by atoms with van der Waals surface area (Å²) in [6.07, 6.45) is -2.97. The van der Waals surface area contributed by atoms with Crippen molar-refractivity contribution in [1.29, 1.82) is 0 Å². The maximum atomic E-state index is 12.7. The van der Waals surface area contributed by atoms with Gasteiger partial charge in [-0.1, -0.05) is 17.7 Å². The van der Waals surface area contributed by atoms with Gasteiger partial charge in [-0.25, -0.2) is 9.97 Å². The quantitative estimate of drug-likeness (QED) is 0.657. The molecule has 0 amide bonds. The number of aliphatic carboxylic acids is 1. The molecule has 174 valence electrons. The molecule has 2 atom stereocenters. The topological polar surface area (TPSA) is 78.8 Å². The summed E-state index contributed by atoms with van der Waals surface area (Å²) in [5.74, 6) is -0.229. The van der Waals surface area contributed by atoms with Gasteiger partial charge in [-0.05, 0) is 31.5 Å². The van der Waals surface area contributed by atoms with Crippen LogP contribution in [0.15, 0.2) is 30.6 Å². The minimum Gasteiger partial charge on any atom is -0.491 e. The van der Waals surface area contributed by atoms with E-state index >= 15 is 0 Å². The summed E-state index contributed by atoms with van der Waals surface area (Å²) < 4.78 is 44.0. The van der Waals surface area contributed by atoms with Crippen molar-refractivity contribution in [3.05, 3.63) is 46.7 Å². The first-order valence-corrected chi connectivity index (χ1v) is 10.5. The van der Waals surface area contributed by atoms with Crippen LogP contribution >= 0.6 is 11.6 Å². The van der Waals surface area contributed by atoms with E-state index in [9.17, 15) is 18.0 Å². The standard InChI is InChI=1S/C21H24ClF3N4O3/c1-13-11-28(20-26-9-16(10-27-20)21(23,24)25)12-14(2)29(13)5-6-32-18-7-15(8-19(30)31)3-4-17(18)22/h3-4,7,9-10,13-14H,5-6,8,11-12H2,1-2H3,(H,30,31)/t13-,14+. The van der Waals surface area contributed by atoms with Crippen LogP contribution in [0, 0.1) is 0 Å². The number of nitrogens with zero attached hydrogens (tertiary/aromatic N) is 4. The van der Waals surface area contributed by atoms with Crippen molar-refractivity contribution >= 4 is 23.5 Å². The van der Waals surface area contributed by atoms with Gasteiger partial charge in [-0.3, -0.25) is 9.69 Å². The van der Waals surface area contributed by atoms with Gasteiger partial charge in [0.15, 0.2) is 0 Å². The number of alkyl halides is 3. The molecule has 0 bridgehead atoms. The molecule has 11 heteroatoms. The first-order valence-electron chi connectivity index (χ1n) is 10.1. The van der Waals surface area contributed by atoms with E-state index in [2.05, 4.69) is 14.9 Å². The summed E-state index contributed by atoms with van der Waals surface area (Å²) in [7, 11) is 0. The minimum atomic E-state index is -4.46. The molecule has 2 aromatic rings. The monoisotopic (exact) mass is 472 g/mol. The van der Waals surface area contributed by atoms with E-state index in [0.29, 0.717) is 42.6 Å². The van der Waals surface area contributed by atoms with Gasteiger partial charge < -0.3 is 14.7 Å². The van der Waals surface area contributed by atoms with E-state index in [4.69, 9.17) is 21.4 Å². The third-order valence-electron chi connectivity index (χ3n) is 5.31. The number of aromatic nitrogens is 2. The van der Waals surface area contributed by atoms with Crippen LogP contribution < -0.4 is 9.64 Å². The van der Waals surface area contributed by atoms with E-state index in [-0.39, 0.29) is 24.5 Å². The van der Waals surface area contributed by atoms with Crippen LogP contribution in [0.2, 0.25) is 5.02 Å². The first kappa shape index (κ1) is 24.1. The molecule has 0 unspecified atom stereocenters. The van der Waals surface area contributed by atoms with Gasteiger partial charge in [-0.15, -0.1) is 0 Å². The van der Waals surface area contributed by atoms with E-state index in [0.717, 1.165) is 12.4 Å². The number of benzene rings is 1. The molecule has 0 spiro atoms. The number of hydrogen-bond donors (Lipinski definition) is 1. The molecule has 7 nitrogen and oxygen atoms in total. The molecule has 2 heterocycles. The van der Waals surface area contributed by atoms with E-state index in [1.165, 1.54) is 0 Å². The Morgan fingerprint density at radius 3 is 2.41 bits per heavy atom. The SMILES string of the molecule is C[C@@H]1CN(c2ncc(C(F)(F)F)cn2)C[C@H](C)N1CCOc1cc(CC(=O)O)ccc1Cl. The van der Waals surface area contributed by atoms with Crippen LogP contribution in [0.25, 0.3) is 0 Å². The van der Waals surface area contributed by atoms with Crippen LogP contribution in [0.5, 0.6) is 5.75 Å². The lowest BCUT2D eigenvalue weighted by molar-refractivity contribution is -0.138. The lowest BCUT2D eigenvalue weighted by Gasteiger charge is -2.44. The summed E-state index contributed by atoms with van der Waals surface area (Å²) in [5.41, 5.74) is -0.270. The normalized spacial score (nSPS) is 19.8. The molecule has 0 aliphatic carbocycles. The van der Waals surface area contributed by atoms with Crippen LogP contribution in [0.3, 0.4) is 0 Å². The van der Waals surface area contributed by atoms with Crippen LogP contribution in [-0.2, 0) is 17.4 Å². The number of carboxylic acids is 1. The number of carboxylic acid groups (broad SMARTS) is 1. The Balaban J connectivity index is 1.57. The van der Waals surface area contributed by atoms with Gasteiger partial charge in [0.25, 0.3) is 0 Å². The van der Waals surface area contributed by atoms with Crippen molar-refractivity contribution in [2.75, 3.05) is 31.1 Å². The number of anilines is 1. The molecule has 1 saturated heterocycles. The molecule has 0 radical (unpaired) electrons. The number of piperazine rings is 1. The van der Waals surface area contributed by atoms with E-state index in [1.54, 1.807) is 18.2 Å². The second-order valence-electron chi connectivity index (χ2n) is 7.79. The zero-order valence-electron chi connectivity index (χ0n) is 17.6. The summed E-state index contributed by atoms with van der Waals surface area (Å²) in [4.78, 5) is 22.8. The second kappa shape index (κ2) is 9.91. The Hall–Kier alpha value is -2.59. The van der Waals surface area contributed by atoms with Crippen molar-refractivity contribution in [3.63, 3.8) is 0 Å².